The van der Waals surface area contributed by atoms with E-state index < -0.39 is 11.0 Å². The van der Waals surface area contributed by atoms with E-state index in [0.29, 0.717) is 28.3 Å². The molecule has 0 aliphatic rings. The first-order chi connectivity index (χ1) is 16.6. The van der Waals surface area contributed by atoms with Crippen molar-refractivity contribution in [2.45, 2.75) is 38.6 Å². The second-order valence-corrected chi connectivity index (χ2v) is 9.36. The highest BCUT2D eigenvalue weighted by molar-refractivity contribution is 7.99. The average molecular weight is 536 g/mol. The van der Waals surface area contributed by atoms with Gasteiger partial charge < -0.3 is 10.1 Å². The van der Waals surface area contributed by atoms with Crippen LogP contribution in [0.25, 0.3) is 0 Å². The van der Waals surface area contributed by atoms with Gasteiger partial charge >= 0.3 is 0 Å². The fourth-order valence-electron chi connectivity index (χ4n) is 3.30. The third-order valence-electron chi connectivity index (χ3n) is 4.90. The number of allylic oxidation sites excluding steroid dienone is 1. The van der Waals surface area contributed by atoms with Gasteiger partial charge in [-0.15, -0.1) is 16.8 Å². The molecule has 0 saturated heterocycles. The minimum absolute atomic E-state index is 0.00677. The maximum atomic E-state index is 12.4. The van der Waals surface area contributed by atoms with E-state index in [-0.39, 0.29) is 28.1 Å². The number of nitrogens with one attached hydrogen (secondary N) is 1. The highest BCUT2D eigenvalue weighted by atomic mass is 35.5. The number of hydrogen-bond donors (Lipinski definition) is 1. The Kier molecular flexibility index (Phi) is 8.76. The molecule has 3 rings (SSSR count). The van der Waals surface area contributed by atoms with Crippen LogP contribution >= 0.6 is 35.0 Å². The maximum absolute atomic E-state index is 12.4. The van der Waals surface area contributed by atoms with Crippen molar-refractivity contribution in [3.63, 3.8) is 0 Å². The van der Waals surface area contributed by atoms with Crippen LogP contribution in [0.2, 0.25) is 10.0 Å². The summed E-state index contributed by atoms with van der Waals surface area (Å²) in [5, 5.41) is 23.4. The van der Waals surface area contributed by atoms with Gasteiger partial charge in [0.25, 0.3) is 5.69 Å². The monoisotopic (exact) mass is 535 g/mol. The van der Waals surface area contributed by atoms with Gasteiger partial charge in [0.15, 0.2) is 17.1 Å². The van der Waals surface area contributed by atoms with Gasteiger partial charge in [-0.05, 0) is 56.2 Å². The lowest BCUT2D eigenvalue weighted by molar-refractivity contribution is -0.384. The Bertz CT molecular complexity index is 1260. The molecule has 0 spiro atoms. The summed E-state index contributed by atoms with van der Waals surface area (Å²) in [4.78, 5) is 22.9. The van der Waals surface area contributed by atoms with Gasteiger partial charge in [-0.2, -0.15) is 0 Å². The zero-order chi connectivity index (χ0) is 25.7. The number of benzene rings is 2. The lowest BCUT2D eigenvalue weighted by Gasteiger charge is -2.17. The van der Waals surface area contributed by atoms with Gasteiger partial charge in [0.05, 0.1) is 10.7 Å². The number of nitro benzene ring substituents is 1. The summed E-state index contributed by atoms with van der Waals surface area (Å²) < 4.78 is 7.91. The van der Waals surface area contributed by atoms with E-state index >= 15 is 0 Å². The van der Waals surface area contributed by atoms with E-state index in [0.717, 1.165) is 11.1 Å². The number of hydrogen-bond acceptors (Lipinski definition) is 7. The normalized spacial score (nSPS) is 11.7. The Labute approximate surface area is 216 Å². The molecule has 1 aromatic heterocycles. The Morgan fingerprint density at radius 1 is 1.29 bits per heavy atom. The minimum Gasteiger partial charge on any atom is -0.483 e. The molecule has 3 aromatic rings. The molecular weight excluding hydrogens is 513 g/mol. The number of anilines is 1. The zero-order valence-electron chi connectivity index (χ0n) is 19.2. The molecule has 1 unspecified atom stereocenters. The molecule has 0 aliphatic heterocycles. The SMILES string of the molecule is C=CCn1c(SCC(=O)Nc2ccc(Cl)c([N+](=O)[O-])c2)nnc1C(C)Oc1cc(C)c(Cl)c(C)c1. The van der Waals surface area contributed by atoms with Crippen LogP contribution < -0.4 is 10.1 Å². The van der Waals surface area contributed by atoms with Crippen LogP contribution in [0.1, 0.15) is 30.0 Å². The van der Waals surface area contributed by atoms with Crippen molar-refractivity contribution in [3.05, 3.63) is 80.1 Å². The molecule has 9 nitrogen and oxygen atoms in total. The summed E-state index contributed by atoms with van der Waals surface area (Å²) >= 11 is 13.2. The quantitative estimate of drug-likeness (QED) is 0.143. The van der Waals surface area contributed by atoms with E-state index in [2.05, 4.69) is 22.1 Å². The van der Waals surface area contributed by atoms with Crippen molar-refractivity contribution in [1.82, 2.24) is 14.8 Å². The summed E-state index contributed by atoms with van der Waals surface area (Å²) in [5.74, 6) is 0.885. The highest BCUT2D eigenvalue weighted by Gasteiger charge is 2.21. The van der Waals surface area contributed by atoms with E-state index in [1.807, 2.05) is 37.5 Å². The molecule has 0 fully saturated rings. The number of amides is 1. The molecule has 0 saturated carbocycles. The van der Waals surface area contributed by atoms with Crippen molar-refractivity contribution in [3.8, 4) is 5.75 Å². The zero-order valence-corrected chi connectivity index (χ0v) is 21.6. The standard InChI is InChI=1S/C23H23Cl2N5O4S/c1-5-8-29-22(15(4)34-17-9-13(2)21(25)14(3)10-17)27-28-23(29)35-12-20(31)26-16-6-7-18(24)19(11-16)30(32)33/h5-7,9-11,15H,1,8,12H2,2-4H3,(H,26,31). The molecule has 0 bridgehead atoms. The number of halogens is 2. The van der Waals surface area contributed by atoms with Gasteiger partial charge in [0, 0.05) is 23.3 Å². The van der Waals surface area contributed by atoms with E-state index in [4.69, 9.17) is 27.9 Å². The van der Waals surface area contributed by atoms with Gasteiger partial charge in [-0.3, -0.25) is 19.5 Å². The van der Waals surface area contributed by atoms with Gasteiger partial charge in [0.2, 0.25) is 5.91 Å². The topological polar surface area (TPSA) is 112 Å². The lowest BCUT2D eigenvalue weighted by Crippen LogP contribution is -2.15. The third-order valence-corrected chi connectivity index (χ3v) is 6.79. The molecule has 35 heavy (non-hydrogen) atoms. The molecule has 12 heteroatoms. The second-order valence-electron chi connectivity index (χ2n) is 7.63. The summed E-state index contributed by atoms with van der Waals surface area (Å²) in [5.41, 5.74) is 1.81. The van der Waals surface area contributed by atoms with Crippen LogP contribution in [-0.4, -0.2) is 31.3 Å². The highest BCUT2D eigenvalue weighted by Crippen LogP contribution is 2.30. The lowest BCUT2D eigenvalue weighted by atomic mass is 10.1. The van der Waals surface area contributed by atoms with Crippen molar-refractivity contribution in [1.29, 1.82) is 0 Å². The number of nitrogens with zero attached hydrogens (tertiary/aromatic N) is 4. The molecule has 1 heterocycles. The molecule has 1 amide bonds. The Morgan fingerprint density at radius 3 is 2.60 bits per heavy atom. The van der Waals surface area contributed by atoms with Crippen LogP contribution in [0.4, 0.5) is 11.4 Å². The number of carbonyl (C=O) groups excluding carboxylic acids is 1. The molecule has 0 aliphatic carbocycles. The summed E-state index contributed by atoms with van der Waals surface area (Å²) in [6.45, 7) is 9.89. The Balaban J connectivity index is 1.70. The van der Waals surface area contributed by atoms with E-state index in [1.165, 1.54) is 30.0 Å². The number of rotatable bonds is 10. The Hall–Kier alpha value is -3.08. The van der Waals surface area contributed by atoms with Crippen molar-refractivity contribution in [2.75, 3.05) is 11.1 Å². The fourth-order valence-corrected chi connectivity index (χ4v) is 4.35. The molecule has 184 valence electrons. The summed E-state index contributed by atoms with van der Waals surface area (Å²) in [7, 11) is 0. The first-order valence-corrected chi connectivity index (χ1v) is 12.2. The second kappa shape index (κ2) is 11.6. The average Bonchev–Trinajstić information content (AvgIpc) is 3.20. The number of ether oxygens (including phenoxy) is 1. The number of aromatic nitrogens is 3. The summed E-state index contributed by atoms with van der Waals surface area (Å²) in [6.07, 6.45) is 1.27. The number of nitro groups is 1. The predicted molar refractivity (Wildman–Crippen MR) is 138 cm³/mol. The number of aryl methyl sites for hydroxylation is 2. The third kappa shape index (κ3) is 6.53. The minimum atomic E-state index is -0.609. The van der Waals surface area contributed by atoms with Crippen LogP contribution in [0.5, 0.6) is 5.75 Å². The van der Waals surface area contributed by atoms with Gasteiger partial charge in [0.1, 0.15) is 10.8 Å². The largest absolute Gasteiger partial charge is 0.483 e. The van der Waals surface area contributed by atoms with Crippen molar-refractivity contribution < 1.29 is 14.5 Å². The van der Waals surface area contributed by atoms with Crippen LogP contribution in [0, 0.1) is 24.0 Å². The summed E-state index contributed by atoms with van der Waals surface area (Å²) in [6, 6.07) is 7.79. The Morgan fingerprint density at radius 2 is 1.97 bits per heavy atom. The molecular formula is C23H23Cl2N5O4S. The molecule has 2 aromatic carbocycles. The van der Waals surface area contributed by atoms with E-state index in [1.54, 1.807) is 6.08 Å². The van der Waals surface area contributed by atoms with Crippen LogP contribution in [-0.2, 0) is 11.3 Å². The van der Waals surface area contributed by atoms with E-state index in [9.17, 15) is 14.9 Å². The van der Waals surface area contributed by atoms with Crippen LogP contribution in [0.3, 0.4) is 0 Å². The predicted octanol–water partition coefficient (Wildman–Crippen LogP) is 6.17. The first kappa shape index (κ1) is 26.5. The maximum Gasteiger partial charge on any atom is 0.289 e. The number of carbonyl (C=O) groups is 1. The van der Waals surface area contributed by atoms with Crippen molar-refractivity contribution >= 4 is 52.2 Å². The van der Waals surface area contributed by atoms with Gasteiger partial charge in [-0.1, -0.05) is 41.0 Å². The van der Waals surface area contributed by atoms with Crippen LogP contribution in [0.15, 0.2) is 48.1 Å². The molecule has 1 atom stereocenters. The molecule has 0 radical (unpaired) electrons. The van der Waals surface area contributed by atoms with Gasteiger partial charge in [-0.25, -0.2) is 0 Å². The first-order valence-electron chi connectivity index (χ1n) is 10.4. The smallest absolute Gasteiger partial charge is 0.289 e. The number of thioether (sulfide) groups is 1. The van der Waals surface area contributed by atoms with Crippen molar-refractivity contribution in [2.24, 2.45) is 0 Å². The fraction of sp³-hybridized carbons (Fsp3) is 0.261. The molecule has 1 N–H and O–H groups in total.